The van der Waals surface area contributed by atoms with E-state index in [4.69, 9.17) is 14.5 Å². The Bertz CT molecular complexity index is 1800. The molecule has 1 N–H and O–H groups in total. The Morgan fingerprint density at radius 1 is 0.929 bits per heavy atom. The fraction of sp³-hybridized carbons (Fsp3) is 0.303. The highest BCUT2D eigenvalue weighted by Gasteiger charge is 2.34. The number of nitrogens with zero attached hydrogens (tertiary/aromatic N) is 4. The van der Waals surface area contributed by atoms with Gasteiger partial charge in [0.15, 0.2) is 5.82 Å². The molecule has 7 rings (SSSR count). The SMILES string of the molecule is COc1cc(C(=O)O)cc2nc(-c3cc4ccccc4n3CC3CC3)n(CC3CN(C(=O)OCc4ccccc4)C3)c12. The second kappa shape index (κ2) is 10.6. The first-order valence-corrected chi connectivity index (χ1v) is 14.3. The quantitative estimate of drug-likeness (QED) is 0.234. The molecule has 1 amide bonds. The highest BCUT2D eigenvalue weighted by Crippen LogP contribution is 2.39. The summed E-state index contributed by atoms with van der Waals surface area (Å²) >= 11 is 0. The third-order valence-corrected chi connectivity index (χ3v) is 8.31. The van der Waals surface area contributed by atoms with Gasteiger partial charge < -0.3 is 28.6 Å². The molecule has 3 aromatic carbocycles. The number of fused-ring (bicyclic) bond motifs is 2. The number of carboxylic acids is 1. The first kappa shape index (κ1) is 26.1. The van der Waals surface area contributed by atoms with Crippen molar-refractivity contribution in [3.8, 4) is 17.3 Å². The van der Waals surface area contributed by atoms with Gasteiger partial charge in [-0.25, -0.2) is 14.6 Å². The van der Waals surface area contributed by atoms with E-state index >= 15 is 0 Å². The molecule has 5 aromatic rings. The van der Waals surface area contributed by atoms with E-state index in [0.29, 0.717) is 36.8 Å². The summed E-state index contributed by atoms with van der Waals surface area (Å²) in [5.74, 6) is 1.03. The zero-order valence-corrected chi connectivity index (χ0v) is 23.4. The highest BCUT2D eigenvalue weighted by molar-refractivity contribution is 5.97. The minimum Gasteiger partial charge on any atom is -0.494 e. The number of para-hydroxylation sites is 1. The lowest BCUT2D eigenvalue weighted by molar-refractivity contribution is 0.0451. The zero-order chi connectivity index (χ0) is 28.8. The Morgan fingerprint density at radius 3 is 2.40 bits per heavy atom. The maximum atomic E-state index is 12.7. The van der Waals surface area contributed by atoms with Gasteiger partial charge in [0.1, 0.15) is 17.9 Å². The number of rotatable bonds is 9. The van der Waals surface area contributed by atoms with Crippen LogP contribution in [0.15, 0.2) is 72.8 Å². The van der Waals surface area contributed by atoms with E-state index < -0.39 is 5.97 Å². The van der Waals surface area contributed by atoms with Crippen LogP contribution in [-0.2, 0) is 24.4 Å². The summed E-state index contributed by atoms with van der Waals surface area (Å²) in [6, 6.07) is 23.3. The molecule has 2 aromatic heterocycles. The maximum absolute atomic E-state index is 12.7. The number of amides is 1. The second-order valence-corrected chi connectivity index (χ2v) is 11.4. The third kappa shape index (κ3) is 4.85. The van der Waals surface area contributed by atoms with Crippen molar-refractivity contribution in [1.82, 2.24) is 19.0 Å². The van der Waals surface area contributed by atoms with Crippen molar-refractivity contribution in [2.75, 3.05) is 20.2 Å². The molecule has 1 aliphatic heterocycles. The van der Waals surface area contributed by atoms with Gasteiger partial charge in [-0.1, -0.05) is 48.5 Å². The van der Waals surface area contributed by atoms with Gasteiger partial charge in [-0.2, -0.15) is 0 Å². The van der Waals surface area contributed by atoms with Gasteiger partial charge in [-0.3, -0.25) is 0 Å². The Balaban J connectivity index is 1.23. The topological polar surface area (TPSA) is 98.8 Å². The Hall–Kier alpha value is -4.79. The summed E-state index contributed by atoms with van der Waals surface area (Å²) in [5.41, 5.74) is 4.56. The summed E-state index contributed by atoms with van der Waals surface area (Å²) in [6.45, 7) is 2.88. The number of hydrogen-bond acceptors (Lipinski definition) is 5. The number of carboxylic acid groups (broad SMARTS) is 1. The molecular formula is C33H32N4O5. The van der Waals surface area contributed by atoms with Gasteiger partial charge in [0.25, 0.3) is 0 Å². The summed E-state index contributed by atoms with van der Waals surface area (Å²) in [6.07, 6.45) is 2.12. The van der Waals surface area contributed by atoms with Crippen molar-refractivity contribution in [1.29, 1.82) is 0 Å². The van der Waals surface area contributed by atoms with E-state index in [0.717, 1.165) is 40.0 Å². The number of aromatic carboxylic acids is 1. The van der Waals surface area contributed by atoms with E-state index in [9.17, 15) is 14.7 Å². The molecule has 9 heteroatoms. The molecule has 214 valence electrons. The Labute approximate surface area is 242 Å². The van der Waals surface area contributed by atoms with Crippen LogP contribution in [-0.4, -0.2) is 56.4 Å². The minimum absolute atomic E-state index is 0.130. The molecule has 0 atom stereocenters. The van der Waals surface area contributed by atoms with Crippen LogP contribution in [0.3, 0.4) is 0 Å². The van der Waals surface area contributed by atoms with Crippen LogP contribution in [0.1, 0.15) is 28.8 Å². The third-order valence-electron chi connectivity index (χ3n) is 8.31. The van der Waals surface area contributed by atoms with Crippen LogP contribution in [0.25, 0.3) is 33.5 Å². The van der Waals surface area contributed by atoms with Gasteiger partial charge >= 0.3 is 12.1 Å². The summed E-state index contributed by atoms with van der Waals surface area (Å²) < 4.78 is 15.8. The maximum Gasteiger partial charge on any atom is 0.410 e. The van der Waals surface area contributed by atoms with Gasteiger partial charge in [0.05, 0.1) is 23.9 Å². The van der Waals surface area contributed by atoms with Gasteiger partial charge in [0, 0.05) is 43.0 Å². The van der Waals surface area contributed by atoms with Gasteiger partial charge in [-0.15, -0.1) is 0 Å². The van der Waals surface area contributed by atoms with Crippen molar-refractivity contribution in [2.24, 2.45) is 11.8 Å². The standard InChI is InChI=1S/C33H32N4O5/c1-41-29-15-25(32(38)39)13-26-30(29)37(19-23-16-35(17-23)33(40)42-20-22-7-3-2-4-8-22)31(34-26)28-14-24-9-5-6-10-27(24)36(28)18-21-11-12-21/h2-10,13-15,21,23H,11-12,16-20H2,1H3,(H,38,39). The predicted octanol–water partition coefficient (Wildman–Crippen LogP) is 6.04. The summed E-state index contributed by atoms with van der Waals surface area (Å²) in [7, 11) is 1.55. The number of ether oxygens (including phenoxy) is 2. The molecule has 1 aliphatic carbocycles. The van der Waals surface area contributed by atoms with E-state index in [1.165, 1.54) is 12.8 Å². The Kier molecular flexibility index (Phi) is 6.57. The van der Waals surface area contributed by atoms with Gasteiger partial charge in [0.2, 0.25) is 0 Å². The van der Waals surface area contributed by atoms with Crippen LogP contribution in [0.4, 0.5) is 4.79 Å². The number of hydrogen-bond donors (Lipinski definition) is 1. The van der Waals surface area contributed by atoms with Crippen LogP contribution in [0, 0.1) is 11.8 Å². The van der Waals surface area contributed by atoms with Crippen molar-refractivity contribution in [3.05, 3.63) is 83.9 Å². The smallest absolute Gasteiger partial charge is 0.410 e. The van der Waals surface area contributed by atoms with Crippen molar-refractivity contribution in [2.45, 2.75) is 32.5 Å². The largest absolute Gasteiger partial charge is 0.494 e. The molecule has 3 heterocycles. The average molecular weight is 565 g/mol. The van der Waals surface area contributed by atoms with E-state index in [2.05, 4.69) is 33.4 Å². The van der Waals surface area contributed by atoms with Crippen molar-refractivity contribution >= 4 is 34.0 Å². The predicted molar refractivity (Wildman–Crippen MR) is 159 cm³/mol. The minimum atomic E-state index is -1.03. The van der Waals surface area contributed by atoms with E-state index in [1.807, 2.05) is 36.4 Å². The number of carbonyl (C=O) groups is 2. The van der Waals surface area contributed by atoms with Crippen LogP contribution in [0.2, 0.25) is 0 Å². The second-order valence-electron chi connectivity index (χ2n) is 11.4. The molecule has 0 spiro atoms. The first-order valence-electron chi connectivity index (χ1n) is 14.3. The summed E-state index contributed by atoms with van der Waals surface area (Å²) in [5, 5.41) is 10.9. The molecular weight excluding hydrogens is 532 g/mol. The lowest BCUT2D eigenvalue weighted by Crippen LogP contribution is -2.51. The van der Waals surface area contributed by atoms with E-state index in [-0.39, 0.29) is 24.2 Å². The zero-order valence-electron chi connectivity index (χ0n) is 23.4. The first-order chi connectivity index (χ1) is 20.5. The number of methoxy groups -OCH3 is 1. The highest BCUT2D eigenvalue weighted by atomic mass is 16.6. The average Bonchev–Trinajstić information content (AvgIpc) is 3.63. The van der Waals surface area contributed by atoms with Crippen LogP contribution in [0.5, 0.6) is 5.75 Å². The fourth-order valence-corrected chi connectivity index (χ4v) is 5.94. The van der Waals surface area contributed by atoms with Gasteiger partial charge in [-0.05, 0) is 48.6 Å². The van der Waals surface area contributed by atoms with E-state index in [1.54, 1.807) is 24.1 Å². The molecule has 2 aliphatic rings. The normalized spacial score (nSPS) is 15.2. The fourth-order valence-electron chi connectivity index (χ4n) is 5.94. The summed E-state index contributed by atoms with van der Waals surface area (Å²) in [4.78, 5) is 31.4. The molecule has 0 bridgehead atoms. The molecule has 9 nitrogen and oxygen atoms in total. The lowest BCUT2D eigenvalue weighted by Gasteiger charge is -2.38. The van der Waals surface area contributed by atoms with Crippen molar-refractivity contribution < 1.29 is 24.2 Å². The number of likely N-dealkylation sites (tertiary alicyclic amines) is 1. The van der Waals surface area contributed by atoms with Crippen LogP contribution >= 0.6 is 0 Å². The Morgan fingerprint density at radius 2 is 1.67 bits per heavy atom. The number of aromatic nitrogens is 3. The lowest BCUT2D eigenvalue weighted by atomic mass is 10.0. The molecule has 42 heavy (non-hydrogen) atoms. The molecule has 0 unspecified atom stereocenters. The molecule has 0 radical (unpaired) electrons. The molecule has 2 fully saturated rings. The number of benzene rings is 3. The monoisotopic (exact) mass is 564 g/mol. The van der Waals surface area contributed by atoms with Crippen molar-refractivity contribution in [3.63, 3.8) is 0 Å². The van der Waals surface area contributed by atoms with Crippen LogP contribution < -0.4 is 4.74 Å². The molecule has 1 saturated carbocycles. The number of imidazole rings is 1. The molecule has 1 saturated heterocycles. The number of carbonyl (C=O) groups excluding carboxylic acids is 1.